The van der Waals surface area contributed by atoms with Crippen LogP contribution in [0.25, 0.3) is 0 Å². The van der Waals surface area contributed by atoms with Gasteiger partial charge in [0, 0.05) is 5.92 Å². The molecule has 0 radical (unpaired) electrons. The Morgan fingerprint density at radius 3 is 2.02 bits per heavy atom. The first-order chi connectivity index (χ1) is 25.5. The van der Waals surface area contributed by atoms with Gasteiger partial charge in [-0.1, -0.05) is 27.7 Å². The minimum atomic E-state index is -1.60. The Bertz CT molecular complexity index is 1460. The second-order valence-corrected chi connectivity index (χ2v) is 21.0. The van der Waals surface area contributed by atoms with E-state index in [1.807, 2.05) is 13.8 Å². The molecule has 316 valence electrons. The number of aliphatic hydroxyl groups is 9. The molecule has 0 aromatic carbocycles. The van der Waals surface area contributed by atoms with Crippen LogP contribution in [0.5, 0.6) is 0 Å². The fourth-order valence-electron chi connectivity index (χ4n) is 15.0. The van der Waals surface area contributed by atoms with E-state index in [1.165, 1.54) is 0 Å². The summed E-state index contributed by atoms with van der Waals surface area (Å²) in [5.74, 6) is -0.235. The summed E-state index contributed by atoms with van der Waals surface area (Å²) in [4.78, 5) is 0. The van der Waals surface area contributed by atoms with Crippen LogP contribution >= 0.6 is 0 Å². The van der Waals surface area contributed by atoms with Crippen molar-refractivity contribution in [2.45, 2.75) is 197 Å². The molecule has 55 heavy (non-hydrogen) atoms. The zero-order valence-corrected chi connectivity index (χ0v) is 33.6. The average molecular weight is 785 g/mol. The molecule has 8 aliphatic rings. The van der Waals surface area contributed by atoms with Crippen LogP contribution in [0.2, 0.25) is 0 Å². The van der Waals surface area contributed by atoms with Crippen LogP contribution in [0.4, 0.5) is 0 Å². The standard InChI is InChI=1S/C41H68O14/c1-35(2)25(54-33-29(49)26(46)20(44)17-51-33)9-11-41-18-40(41)13-12-37(5)31(39(7)10-8-24(45)36(3,4)55-39)19(43)15-38(37,6)23(40)14-21(32(35)41)52-34-30(50)28(48)27(47)22(16-42)53-34/h19-34,42-50H,8-18H2,1-7H3/t19-,20+,21-,22+,23+,24-,25-,26-,27+,28-,29+,30+,31-,32+,33-,34+,37+,38-,39+,40-,41+/m0/s1. The molecular weight excluding hydrogens is 716 g/mol. The van der Waals surface area contributed by atoms with Crippen molar-refractivity contribution in [1.82, 2.24) is 0 Å². The van der Waals surface area contributed by atoms with E-state index in [9.17, 15) is 46.0 Å². The fraction of sp³-hybridized carbons (Fsp3) is 1.00. The van der Waals surface area contributed by atoms with E-state index in [4.69, 9.17) is 23.7 Å². The van der Waals surface area contributed by atoms with Crippen molar-refractivity contribution in [2.75, 3.05) is 13.2 Å². The van der Waals surface area contributed by atoms with Crippen LogP contribution in [-0.4, -0.2) is 150 Å². The fourth-order valence-corrected chi connectivity index (χ4v) is 15.0. The van der Waals surface area contributed by atoms with Crippen molar-refractivity contribution in [3.05, 3.63) is 0 Å². The van der Waals surface area contributed by atoms with E-state index in [2.05, 4.69) is 34.6 Å². The average Bonchev–Trinajstić information content (AvgIpc) is 3.70. The maximum atomic E-state index is 12.2. The first kappa shape index (κ1) is 41.2. The van der Waals surface area contributed by atoms with Crippen molar-refractivity contribution < 1.29 is 69.6 Å². The van der Waals surface area contributed by atoms with Gasteiger partial charge in [-0.05, 0) is 117 Å². The highest BCUT2D eigenvalue weighted by molar-refractivity contribution is 5.33. The van der Waals surface area contributed by atoms with E-state index in [0.29, 0.717) is 32.1 Å². The summed E-state index contributed by atoms with van der Waals surface area (Å²) in [5.41, 5.74) is -2.96. The third-order valence-corrected chi connectivity index (χ3v) is 17.7. The molecule has 0 bridgehead atoms. The zero-order chi connectivity index (χ0) is 40.1. The Morgan fingerprint density at radius 2 is 1.35 bits per heavy atom. The molecule has 0 amide bonds. The molecule has 14 heteroatoms. The molecule has 0 unspecified atom stereocenters. The molecule has 14 nitrogen and oxygen atoms in total. The number of hydrogen-bond acceptors (Lipinski definition) is 14. The third-order valence-electron chi connectivity index (χ3n) is 17.7. The van der Waals surface area contributed by atoms with Crippen molar-refractivity contribution >= 4 is 0 Å². The van der Waals surface area contributed by atoms with Gasteiger partial charge in [0.15, 0.2) is 12.6 Å². The Kier molecular flexibility index (Phi) is 9.90. The lowest BCUT2D eigenvalue weighted by atomic mass is 9.41. The smallest absolute Gasteiger partial charge is 0.186 e. The molecular formula is C41H68O14. The topological polar surface area (TPSA) is 228 Å². The van der Waals surface area contributed by atoms with E-state index >= 15 is 0 Å². The van der Waals surface area contributed by atoms with E-state index in [-0.39, 0.29) is 46.0 Å². The Labute approximate surface area is 324 Å². The van der Waals surface area contributed by atoms with Crippen LogP contribution in [0.15, 0.2) is 0 Å². The highest BCUT2D eigenvalue weighted by Gasteiger charge is 2.85. The van der Waals surface area contributed by atoms with Crippen molar-refractivity contribution in [1.29, 1.82) is 0 Å². The summed E-state index contributed by atoms with van der Waals surface area (Å²) >= 11 is 0. The normalized spacial score (nSPS) is 59.6. The predicted molar refractivity (Wildman–Crippen MR) is 194 cm³/mol. The molecule has 3 saturated heterocycles. The summed E-state index contributed by atoms with van der Waals surface area (Å²) in [5, 5.41) is 97.2. The van der Waals surface area contributed by atoms with Gasteiger partial charge in [-0.2, -0.15) is 0 Å². The van der Waals surface area contributed by atoms with Crippen LogP contribution in [0.1, 0.15) is 106 Å². The quantitative estimate of drug-likeness (QED) is 0.169. The van der Waals surface area contributed by atoms with Crippen LogP contribution in [0.3, 0.4) is 0 Å². The molecule has 8 rings (SSSR count). The number of ether oxygens (including phenoxy) is 5. The van der Waals surface area contributed by atoms with Gasteiger partial charge >= 0.3 is 0 Å². The molecule has 8 fully saturated rings. The van der Waals surface area contributed by atoms with Gasteiger partial charge in [0.1, 0.15) is 42.7 Å². The Balaban J connectivity index is 1.16. The van der Waals surface area contributed by atoms with E-state index in [0.717, 1.165) is 25.7 Å². The monoisotopic (exact) mass is 784 g/mol. The maximum absolute atomic E-state index is 12.2. The largest absolute Gasteiger partial charge is 0.394 e. The van der Waals surface area contributed by atoms with E-state index < -0.39 is 103 Å². The molecule has 5 aliphatic carbocycles. The van der Waals surface area contributed by atoms with Gasteiger partial charge in [0.2, 0.25) is 0 Å². The summed E-state index contributed by atoms with van der Waals surface area (Å²) in [7, 11) is 0. The molecule has 3 heterocycles. The van der Waals surface area contributed by atoms with Crippen LogP contribution in [-0.2, 0) is 23.7 Å². The van der Waals surface area contributed by atoms with E-state index in [1.54, 1.807) is 0 Å². The highest BCUT2D eigenvalue weighted by atomic mass is 16.7. The Morgan fingerprint density at radius 1 is 0.655 bits per heavy atom. The molecule has 2 spiro atoms. The maximum Gasteiger partial charge on any atom is 0.186 e. The number of hydrogen-bond donors (Lipinski definition) is 9. The Hall–Kier alpha value is -0.560. The van der Waals surface area contributed by atoms with Gasteiger partial charge in [-0.15, -0.1) is 0 Å². The van der Waals surface area contributed by atoms with Gasteiger partial charge in [-0.25, -0.2) is 0 Å². The predicted octanol–water partition coefficient (Wildman–Crippen LogP) is 0.724. The zero-order valence-electron chi connectivity index (χ0n) is 33.6. The summed E-state index contributed by atoms with van der Waals surface area (Å²) < 4.78 is 32.0. The third kappa shape index (κ3) is 5.63. The molecule has 5 saturated carbocycles. The minimum absolute atomic E-state index is 0.0665. The summed E-state index contributed by atoms with van der Waals surface area (Å²) in [6, 6.07) is 0. The summed E-state index contributed by atoms with van der Waals surface area (Å²) in [6.07, 6.45) is -8.00. The van der Waals surface area contributed by atoms with Crippen LogP contribution in [0, 0.1) is 44.8 Å². The molecule has 0 aromatic heterocycles. The number of fused-ring (bicyclic) bond motifs is 2. The number of rotatable bonds is 6. The summed E-state index contributed by atoms with van der Waals surface area (Å²) in [6.45, 7) is 14.1. The minimum Gasteiger partial charge on any atom is -0.394 e. The second-order valence-electron chi connectivity index (χ2n) is 21.0. The van der Waals surface area contributed by atoms with Gasteiger partial charge in [0.25, 0.3) is 0 Å². The highest BCUT2D eigenvalue weighted by Crippen LogP contribution is 2.89. The molecule has 21 atom stereocenters. The molecule has 0 aromatic rings. The van der Waals surface area contributed by atoms with Crippen LogP contribution < -0.4 is 0 Å². The number of aliphatic hydroxyl groups excluding tert-OH is 9. The molecule has 3 aliphatic heterocycles. The lowest BCUT2D eigenvalue weighted by Crippen LogP contribution is -2.66. The van der Waals surface area contributed by atoms with Gasteiger partial charge < -0.3 is 69.6 Å². The second kappa shape index (κ2) is 13.2. The van der Waals surface area contributed by atoms with Crippen molar-refractivity contribution in [3.63, 3.8) is 0 Å². The first-order valence-corrected chi connectivity index (χ1v) is 20.9. The van der Waals surface area contributed by atoms with Crippen molar-refractivity contribution in [2.24, 2.45) is 44.8 Å². The SMILES string of the molecule is CC1(C)O[C@@](C)([C@H]2[C@@H](O)C[C@@]3(C)[C@H]4C[C@H](O[C@@H]5O[C@H](CO)[C@@H](O)[C@H](O)[C@H]5O)[C@@H]5C(C)(C)[C@@H](O[C@@H]6OC[C@@H](O)[C@H](O)[C@H]6O)CC[C@@]56C[C@@]46CC[C@]23C)CC[C@@H]1O. The lowest BCUT2D eigenvalue weighted by Gasteiger charge is -2.66. The molecule has 9 N–H and O–H groups in total. The first-order valence-electron chi connectivity index (χ1n) is 20.9. The van der Waals surface area contributed by atoms with Crippen molar-refractivity contribution in [3.8, 4) is 0 Å². The lowest BCUT2D eigenvalue weighted by molar-refractivity contribution is -0.339. The van der Waals surface area contributed by atoms with Gasteiger partial charge in [-0.3, -0.25) is 0 Å². The van der Waals surface area contributed by atoms with Gasteiger partial charge in [0.05, 0.1) is 48.8 Å².